The first-order chi connectivity index (χ1) is 14.5. The van der Waals surface area contributed by atoms with E-state index in [0.717, 1.165) is 11.3 Å². The fourth-order valence-corrected chi connectivity index (χ4v) is 4.01. The Morgan fingerprint density at radius 2 is 1.93 bits per heavy atom. The molecule has 1 aromatic carbocycles. The first-order valence-corrected chi connectivity index (χ1v) is 10.0. The molecule has 2 aliphatic heterocycles. The van der Waals surface area contributed by atoms with E-state index in [4.69, 9.17) is 10.5 Å². The molecule has 2 aromatic rings. The molecule has 30 heavy (non-hydrogen) atoms. The first kappa shape index (κ1) is 19.9. The van der Waals surface area contributed by atoms with Crippen LogP contribution < -0.4 is 10.5 Å². The van der Waals surface area contributed by atoms with Gasteiger partial charge in [-0.05, 0) is 30.5 Å². The number of rotatable bonds is 5. The monoisotopic (exact) mass is 411 g/mol. The molecule has 9 heteroatoms. The molecule has 0 atom stereocenters. The Hall–Kier alpha value is -3.36. The summed E-state index contributed by atoms with van der Waals surface area (Å²) in [5.41, 5.74) is 7.01. The summed E-state index contributed by atoms with van der Waals surface area (Å²) in [7, 11) is 1.61. The molecular formula is C21H25N5O4. The van der Waals surface area contributed by atoms with Crippen molar-refractivity contribution >= 4 is 17.7 Å². The number of carbonyl (C=O) groups is 3. The van der Waals surface area contributed by atoms with Crippen LogP contribution >= 0.6 is 0 Å². The number of benzene rings is 1. The summed E-state index contributed by atoms with van der Waals surface area (Å²) in [5, 5.41) is 4.37. The van der Waals surface area contributed by atoms with Crippen molar-refractivity contribution in [3.63, 3.8) is 0 Å². The number of hydrogen-bond acceptors (Lipinski definition) is 5. The Bertz CT molecular complexity index is 978. The minimum atomic E-state index is -0.318. The highest BCUT2D eigenvalue weighted by Gasteiger charge is 2.31. The van der Waals surface area contributed by atoms with Gasteiger partial charge < -0.3 is 20.3 Å². The topological polar surface area (TPSA) is 111 Å². The molecule has 0 spiro atoms. The SMILES string of the molecule is COc1cccc(CN2CCn3nc(C(=O)N4CCC(C(N)=O)CC4)cc3C2=O)c1. The lowest BCUT2D eigenvalue weighted by Gasteiger charge is -2.29. The summed E-state index contributed by atoms with van der Waals surface area (Å²) in [6.07, 6.45) is 1.11. The molecule has 0 radical (unpaired) electrons. The molecule has 2 N–H and O–H groups in total. The molecule has 0 unspecified atom stereocenters. The van der Waals surface area contributed by atoms with Crippen LogP contribution in [-0.2, 0) is 17.9 Å². The van der Waals surface area contributed by atoms with Crippen molar-refractivity contribution in [3.8, 4) is 5.75 Å². The van der Waals surface area contributed by atoms with Gasteiger partial charge in [0.15, 0.2) is 5.69 Å². The lowest BCUT2D eigenvalue weighted by Crippen LogP contribution is -2.41. The molecular weight excluding hydrogens is 386 g/mol. The van der Waals surface area contributed by atoms with Crippen LogP contribution in [0, 0.1) is 5.92 Å². The lowest BCUT2D eigenvalue weighted by molar-refractivity contribution is -0.123. The second-order valence-electron chi connectivity index (χ2n) is 7.69. The Kier molecular flexibility index (Phi) is 5.43. The van der Waals surface area contributed by atoms with E-state index < -0.39 is 0 Å². The van der Waals surface area contributed by atoms with E-state index in [1.807, 2.05) is 24.3 Å². The zero-order valence-electron chi connectivity index (χ0n) is 16.9. The van der Waals surface area contributed by atoms with E-state index in [9.17, 15) is 14.4 Å². The molecule has 1 saturated heterocycles. The number of nitrogens with zero attached hydrogens (tertiary/aromatic N) is 4. The minimum Gasteiger partial charge on any atom is -0.497 e. The number of ether oxygens (including phenoxy) is 1. The standard InChI is InChI=1S/C21H25N5O4/c1-30-16-4-2-3-14(11-16)13-25-9-10-26-18(21(25)29)12-17(23-26)20(28)24-7-5-15(6-8-24)19(22)27/h2-4,11-12,15H,5-10,13H2,1H3,(H2,22,27). The Balaban J connectivity index is 1.45. The van der Waals surface area contributed by atoms with Crippen LogP contribution in [0.3, 0.4) is 0 Å². The first-order valence-electron chi connectivity index (χ1n) is 10.0. The van der Waals surface area contributed by atoms with Crippen LogP contribution in [0.4, 0.5) is 0 Å². The number of hydrogen-bond donors (Lipinski definition) is 1. The van der Waals surface area contributed by atoms with Gasteiger partial charge in [0, 0.05) is 38.2 Å². The number of nitrogens with two attached hydrogens (primary N) is 1. The molecule has 3 heterocycles. The quantitative estimate of drug-likeness (QED) is 0.785. The van der Waals surface area contributed by atoms with Crippen LogP contribution in [0.2, 0.25) is 0 Å². The van der Waals surface area contributed by atoms with E-state index in [2.05, 4.69) is 5.10 Å². The Morgan fingerprint density at radius 3 is 2.63 bits per heavy atom. The summed E-state index contributed by atoms with van der Waals surface area (Å²) < 4.78 is 6.85. The molecule has 0 aliphatic carbocycles. The van der Waals surface area contributed by atoms with Gasteiger partial charge >= 0.3 is 0 Å². The predicted molar refractivity (Wildman–Crippen MR) is 108 cm³/mol. The zero-order valence-corrected chi connectivity index (χ0v) is 16.9. The van der Waals surface area contributed by atoms with Crippen molar-refractivity contribution in [2.24, 2.45) is 11.7 Å². The van der Waals surface area contributed by atoms with E-state index >= 15 is 0 Å². The summed E-state index contributed by atoms with van der Waals surface area (Å²) in [5.74, 6) is -0.123. The van der Waals surface area contributed by atoms with E-state index in [-0.39, 0.29) is 29.3 Å². The van der Waals surface area contributed by atoms with Crippen molar-refractivity contribution in [1.82, 2.24) is 19.6 Å². The van der Waals surface area contributed by atoms with Crippen molar-refractivity contribution < 1.29 is 19.1 Å². The zero-order chi connectivity index (χ0) is 21.3. The van der Waals surface area contributed by atoms with Crippen LogP contribution in [0.1, 0.15) is 39.4 Å². The molecule has 3 amide bonds. The molecule has 158 valence electrons. The second kappa shape index (κ2) is 8.17. The van der Waals surface area contributed by atoms with E-state index in [1.54, 1.807) is 27.7 Å². The van der Waals surface area contributed by atoms with Gasteiger partial charge in [-0.15, -0.1) is 0 Å². The fourth-order valence-electron chi connectivity index (χ4n) is 4.01. The van der Waals surface area contributed by atoms with Gasteiger partial charge in [-0.25, -0.2) is 0 Å². The highest BCUT2D eigenvalue weighted by molar-refractivity contribution is 5.98. The minimum absolute atomic E-state index is 0.150. The number of fused-ring (bicyclic) bond motifs is 1. The molecule has 2 aliphatic rings. The molecule has 0 bridgehead atoms. The average molecular weight is 411 g/mol. The average Bonchev–Trinajstić information content (AvgIpc) is 3.20. The van der Waals surface area contributed by atoms with Crippen molar-refractivity contribution in [2.75, 3.05) is 26.7 Å². The number of carbonyl (C=O) groups excluding carboxylic acids is 3. The van der Waals surface area contributed by atoms with Gasteiger partial charge in [-0.2, -0.15) is 5.10 Å². The molecule has 4 rings (SSSR count). The van der Waals surface area contributed by atoms with Gasteiger partial charge in [-0.3, -0.25) is 19.1 Å². The number of likely N-dealkylation sites (tertiary alicyclic amines) is 1. The van der Waals surface area contributed by atoms with Crippen molar-refractivity contribution in [2.45, 2.75) is 25.9 Å². The summed E-state index contributed by atoms with van der Waals surface area (Å²) >= 11 is 0. The third-order valence-electron chi connectivity index (χ3n) is 5.78. The summed E-state index contributed by atoms with van der Waals surface area (Å²) in [4.78, 5) is 40.5. The van der Waals surface area contributed by atoms with Crippen LogP contribution in [0.25, 0.3) is 0 Å². The molecule has 1 fully saturated rings. The molecule has 1 aromatic heterocycles. The van der Waals surface area contributed by atoms with Crippen LogP contribution in [0.15, 0.2) is 30.3 Å². The number of amides is 3. The fraction of sp³-hybridized carbons (Fsp3) is 0.429. The predicted octanol–water partition coefficient (Wildman–Crippen LogP) is 0.885. The second-order valence-corrected chi connectivity index (χ2v) is 7.69. The Labute approximate surface area is 174 Å². The van der Waals surface area contributed by atoms with Gasteiger partial charge in [0.2, 0.25) is 5.91 Å². The highest BCUT2D eigenvalue weighted by Crippen LogP contribution is 2.22. The van der Waals surface area contributed by atoms with Crippen LogP contribution in [-0.4, -0.2) is 64.0 Å². The molecule has 9 nitrogen and oxygen atoms in total. The van der Waals surface area contributed by atoms with Crippen molar-refractivity contribution in [1.29, 1.82) is 0 Å². The van der Waals surface area contributed by atoms with Crippen LogP contribution in [0.5, 0.6) is 5.75 Å². The third-order valence-corrected chi connectivity index (χ3v) is 5.78. The third kappa shape index (κ3) is 3.87. The largest absolute Gasteiger partial charge is 0.497 e. The maximum atomic E-state index is 13.0. The number of aromatic nitrogens is 2. The highest BCUT2D eigenvalue weighted by atomic mass is 16.5. The number of methoxy groups -OCH3 is 1. The van der Waals surface area contributed by atoms with Gasteiger partial charge in [0.05, 0.1) is 13.7 Å². The van der Waals surface area contributed by atoms with Gasteiger partial charge in [-0.1, -0.05) is 12.1 Å². The maximum Gasteiger partial charge on any atom is 0.274 e. The Morgan fingerprint density at radius 1 is 1.17 bits per heavy atom. The maximum absolute atomic E-state index is 13.0. The van der Waals surface area contributed by atoms with Crippen molar-refractivity contribution in [3.05, 3.63) is 47.3 Å². The van der Waals surface area contributed by atoms with E-state index in [1.165, 1.54) is 0 Å². The lowest BCUT2D eigenvalue weighted by atomic mass is 9.96. The van der Waals surface area contributed by atoms with E-state index in [0.29, 0.717) is 51.3 Å². The summed E-state index contributed by atoms with van der Waals surface area (Å²) in [6.45, 7) is 2.44. The van der Waals surface area contributed by atoms with Gasteiger partial charge in [0.25, 0.3) is 11.8 Å². The molecule has 0 saturated carbocycles. The summed E-state index contributed by atoms with van der Waals surface area (Å²) in [6, 6.07) is 9.19. The van der Waals surface area contributed by atoms with Gasteiger partial charge in [0.1, 0.15) is 11.4 Å². The number of piperidine rings is 1. The number of primary amides is 1. The normalized spacial score (nSPS) is 17.0. The smallest absolute Gasteiger partial charge is 0.274 e.